The minimum absolute atomic E-state index is 0.544. The van der Waals surface area contributed by atoms with E-state index in [2.05, 4.69) is 11.1 Å². The zero-order valence-electron chi connectivity index (χ0n) is 7.27. The van der Waals surface area contributed by atoms with Gasteiger partial charge in [-0.3, -0.25) is 0 Å². The lowest BCUT2D eigenvalue weighted by molar-refractivity contribution is 1.42. The molecular formula is C10H7N3S. The molecule has 4 heteroatoms. The van der Waals surface area contributed by atoms with Gasteiger partial charge in [-0.25, -0.2) is 4.98 Å². The molecule has 0 atom stereocenters. The van der Waals surface area contributed by atoms with Gasteiger partial charge in [-0.15, -0.1) is 0 Å². The number of thiazole rings is 1. The molecule has 0 aliphatic rings. The van der Waals surface area contributed by atoms with E-state index in [0.29, 0.717) is 10.7 Å². The van der Waals surface area contributed by atoms with Crippen LogP contribution in [-0.4, -0.2) is 4.98 Å². The van der Waals surface area contributed by atoms with E-state index in [9.17, 15) is 0 Å². The summed E-state index contributed by atoms with van der Waals surface area (Å²) < 4.78 is 0. The Bertz CT molecular complexity index is 496. The molecule has 0 unspecified atom stereocenters. The van der Waals surface area contributed by atoms with Crippen molar-refractivity contribution >= 4 is 16.5 Å². The molecule has 1 aromatic heterocycles. The smallest absolute Gasteiger partial charge is 0.180 e. The number of nitriles is 1. The first-order valence-electron chi connectivity index (χ1n) is 4.01. The number of hydrogen-bond donors (Lipinski definition) is 1. The van der Waals surface area contributed by atoms with E-state index < -0.39 is 0 Å². The predicted octanol–water partition coefficient (Wildman–Crippen LogP) is 2.26. The van der Waals surface area contributed by atoms with Crippen molar-refractivity contribution in [2.45, 2.75) is 0 Å². The molecule has 0 amide bonds. The highest BCUT2D eigenvalue weighted by Crippen LogP contribution is 2.27. The number of benzene rings is 1. The fourth-order valence-corrected chi connectivity index (χ4v) is 1.84. The summed E-state index contributed by atoms with van der Waals surface area (Å²) in [4.78, 5) is 4.95. The summed E-state index contributed by atoms with van der Waals surface area (Å²) in [7, 11) is 0. The van der Waals surface area contributed by atoms with Crippen LogP contribution in [0, 0.1) is 11.3 Å². The number of rotatable bonds is 1. The van der Waals surface area contributed by atoms with Crippen LogP contribution in [0.3, 0.4) is 0 Å². The van der Waals surface area contributed by atoms with E-state index >= 15 is 0 Å². The molecule has 0 spiro atoms. The van der Waals surface area contributed by atoms with Crippen LogP contribution in [0.1, 0.15) is 5.56 Å². The number of nitrogens with zero attached hydrogens (tertiary/aromatic N) is 2. The average molecular weight is 201 g/mol. The molecule has 2 aromatic rings. The molecule has 14 heavy (non-hydrogen) atoms. The molecule has 3 nitrogen and oxygen atoms in total. The van der Waals surface area contributed by atoms with Crippen molar-refractivity contribution in [3.63, 3.8) is 0 Å². The standard InChI is InChI=1S/C10H7N3S/c11-5-7-2-1-3-8(4-7)9-6-13-10(12)14-9/h1-4,6H,(H2,12,13). The Hall–Kier alpha value is -1.86. The van der Waals surface area contributed by atoms with Crippen molar-refractivity contribution < 1.29 is 0 Å². The molecule has 1 aromatic carbocycles. The van der Waals surface area contributed by atoms with Gasteiger partial charge < -0.3 is 5.73 Å². The van der Waals surface area contributed by atoms with Crippen LogP contribution in [-0.2, 0) is 0 Å². The van der Waals surface area contributed by atoms with Gasteiger partial charge in [0.2, 0.25) is 0 Å². The monoisotopic (exact) mass is 201 g/mol. The second-order valence-electron chi connectivity index (χ2n) is 2.76. The number of aromatic nitrogens is 1. The molecule has 2 N–H and O–H groups in total. The molecule has 1 heterocycles. The van der Waals surface area contributed by atoms with Crippen molar-refractivity contribution in [3.8, 4) is 16.5 Å². The van der Waals surface area contributed by atoms with Gasteiger partial charge in [-0.2, -0.15) is 5.26 Å². The molecule has 0 saturated heterocycles. The van der Waals surface area contributed by atoms with Gasteiger partial charge in [-0.1, -0.05) is 23.5 Å². The van der Waals surface area contributed by atoms with Crippen molar-refractivity contribution in [1.29, 1.82) is 5.26 Å². The third kappa shape index (κ3) is 1.58. The molecule has 0 saturated carbocycles. The summed E-state index contributed by atoms with van der Waals surface area (Å²) in [5.74, 6) is 0. The highest BCUT2D eigenvalue weighted by atomic mass is 32.1. The second kappa shape index (κ2) is 3.48. The highest BCUT2D eigenvalue weighted by molar-refractivity contribution is 7.18. The van der Waals surface area contributed by atoms with Crippen molar-refractivity contribution in [2.24, 2.45) is 0 Å². The molecule has 0 fully saturated rings. The number of anilines is 1. The normalized spacial score (nSPS) is 9.64. The molecule has 0 bridgehead atoms. The summed E-state index contributed by atoms with van der Waals surface area (Å²) in [5.41, 5.74) is 7.16. The predicted molar refractivity (Wildman–Crippen MR) is 56.7 cm³/mol. The van der Waals surface area contributed by atoms with E-state index in [1.807, 2.05) is 18.2 Å². The lowest BCUT2D eigenvalue weighted by Crippen LogP contribution is -1.77. The summed E-state index contributed by atoms with van der Waals surface area (Å²) in [6.45, 7) is 0. The summed E-state index contributed by atoms with van der Waals surface area (Å²) in [6, 6.07) is 9.48. The SMILES string of the molecule is N#Cc1cccc(-c2cnc(N)s2)c1. The number of nitrogen functional groups attached to an aromatic ring is 1. The average Bonchev–Trinajstić information content (AvgIpc) is 2.65. The Kier molecular flexibility index (Phi) is 2.17. The van der Waals surface area contributed by atoms with Crippen LogP contribution >= 0.6 is 11.3 Å². The highest BCUT2D eigenvalue weighted by Gasteiger charge is 2.02. The van der Waals surface area contributed by atoms with Crippen LogP contribution in [0.15, 0.2) is 30.5 Å². The second-order valence-corrected chi connectivity index (χ2v) is 3.82. The van der Waals surface area contributed by atoms with Crippen LogP contribution in [0.5, 0.6) is 0 Å². The van der Waals surface area contributed by atoms with Gasteiger partial charge in [0.25, 0.3) is 0 Å². The Morgan fingerprint density at radius 2 is 2.29 bits per heavy atom. The lowest BCUT2D eigenvalue weighted by atomic mass is 10.1. The van der Waals surface area contributed by atoms with E-state index in [4.69, 9.17) is 11.0 Å². The first-order valence-corrected chi connectivity index (χ1v) is 4.83. The van der Waals surface area contributed by atoms with Gasteiger partial charge in [0.15, 0.2) is 5.13 Å². The third-order valence-corrected chi connectivity index (χ3v) is 2.68. The maximum absolute atomic E-state index is 8.73. The molecule has 0 aliphatic carbocycles. The van der Waals surface area contributed by atoms with Gasteiger partial charge in [-0.05, 0) is 17.7 Å². The van der Waals surface area contributed by atoms with Gasteiger partial charge in [0, 0.05) is 6.20 Å². The zero-order valence-corrected chi connectivity index (χ0v) is 8.08. The molecule has 0 aliphatic heterocycles. The lowest BCUT2D eigenvalue weighted by Gasteiger charge is -1.95. The number of hydrogen-bond acceptors (Lipinski definition) is 4. The minimum Gasteiger partial charge on any atom is -0.375 e. The maximum atomic E-state index is 8.73. The van der Waals surface area contributed by atoms with Crippen molar-refractivity contribution in [1.82, 2.24) is 4.98 Å². The first-order chi connectivity index (χ1) is 6.79. The van der Waals surface area contributed by atoms with Crippen molar-refractivity contribution in [3.05, 3.63) is 36.0 Å². The third-order valence-electron chi connectivity index (χ3n) is 1.80. The van der Waals surface area contributed by atoms with Crippen LogP contribution in [0.25, 0.3) is 10.4 Å². The first kappa shape index (κ1) is 8.73. The van der Waals surface area contributed by atoms with Gasteiger partial charge in [0.1, 0.15) is 0 Å². The topological polar surface area (TPSA) is 62.7 Å². The molecule has 0 radical (unpaired) electrons. The Balaban J connectivity index is 2.47. The minimum atomic E-state index is 0.544. The Morgan fingerprint density at radius 3 is 2.93 bits per heavy atom. The van der Waals surface area contributed by atoms with Crippen LogP contribution in [0.4, 0.5) is 5.13 Å². The number of nitrogens with two attached hydrogens (primary N) is 1. The van der Waals surface area contributed by atoms with Gasteiger partial charge in [0.05, 0.1) is 16.5 Å². The molecule has 68 valence electrons. The van der Waals surface area contributed by atoms with Crippen LogP contribution < -0.4 is 5.73 Å². The van der Waals surface area contributed by atoms with Crippen LogP contribution in [0.2, 0.25) is 0 Å². The summed E-state index contributed by atoms with van der Waals surface area (Å²) in [6.07, 6.45) is 1.72. The largest absolute Gasteiger partial charge is 0.375 e. The maximum Gasteiger partial charge on any atom is 0.180 e. The van der Waals surface area contributed by atoms with E-state index in [0.717, 1.165) is 10.4 Å². The van der Waals surface area contributed by atoms with E-state index in [1.54, 1.807) is 12.3 Å². The quantitative estimate of drug-likeness (QED) is 0.769. The van der Waals surface area contributed by atoms with Gasteiger partial charge >= 0.3 is 0 Å². The molecule has 2 rings (SSSR count). The fourth-order valence-electron chi connectivity index (χ4n) is 1.16. The fraction of sp³-hybridized carbons (Fsp3) is 0. The summed E-state index contributed by atoms with van der Waals surface area (Å²) in [5, 5.41) is 9.27. The zero-order chi connectivity index (χ0) is 9.97. The van der Waals surface area contributed by atoms with E-state index in [-0.39, 0.29) is 0 Å². The Labute approximate surface area is 85.4 Å². The molecular weight excluding hydrogens is 194 g/mol. The van der Waals surface area contributed by atoms with E-state index in [1.165, 1.54) is 11.3 Å². The summed E-state index contributed by atoms with van der Waals surface area (Å²) >= 11 is 1.42. The van der Waals surface area contributed by atoms with Crippen molar-refractivity contribution in [2.75, 3.05) is 5.73 Å². The Morgan fingerprint density at radius 1 is 1.43 bits per heavy atom.